The van der Waals surface area contributed by atoms with Crippen molar-refractivity contribution in [3.63, 3.8) is 0 Å². The lowest BCUT2D eigenvalue weighted by atomic mass is 10.0. The van der Waals surface area contributed by atoms with E-state index in [-0.39, 0.29) is 0 Å². The highest BCUT2D eigenvalue weighted by atomic mass is 16.3. The molecule has 2 heterocycles. The molecule has 4 aromatic rings. The standard InChI is InChI=1S/C15H10N2O/c1-4-12(15-13(5-1)16-9-17-15)10-3-2-6-14-11(10)7-8-18-14/h1-9H,(H,16,17). The average molecular weight is 234 g/mol. The van der Waals surface area contributed by atoms with Crippen LogP contribution in [0.3, 0.4) is 0 Å². The van der Waals surface area contributed by atoms with Crippen molar-refractivity contribution in [1.29, 1.82) is 0 Å². The summed E-state index contributed by atoms with van der Waals surface area (Å²) in [6, 6.07) is 14.2. The van der Waals surface area contributed by atoms with E-state index in [4.69, 9.17) is 4.42 Å². The maximum Gasteiger partial charge on any atom is 0.134 e. The van der Waals surface area contributed by atoms with Crippen LogP contribution in [0.15, 0.2) is 59.5 Å². The van der Waals surface area contributed by atoms with E-state index in [0.29, 0.717) is 0 Å². The molecule has 0 radical (unpaired) electrons. The molecule has 0 aliphatic rings. The Kier molecular flexibility index (Phi) is 1.83. The summed E-state index contributed by atoms with van der Waals surface area (Å²) in [4.78, 5) is 7.54. The largest absolute Gasteiger partial charge is 0.464 e. The number of nitrogens with one attached hydrogen (secondary N) is 1. The van der Waals surface area contributed by atoms with Crippen molar-refractivity contribution in [1.82, 2.24) is 9.97 Å². The van der Waals surface area contributed by atoms with E-state index < -0.39 is 0 Å². The van der Waals surface area contributed by atoms with Crippen LogP contribution in [0.25, 0.3) is 33.1 Å². The Bertz CT molecular complexity index is 770. The SMILES string of the molecule is c1cc(-c2cccc3occc23)c2nc[nH]c2c1. The molecule has 0 unspecified atom stereocenters. The number of imidazole rings is 1. The van der Waals surface area contributed by atoms with Crippen LogP contribution >= 0.6 is 0 Å². The number of nitrogens with zero attached hydrogens (tertiary/aromatic N) is 1. The molecule has 0 atom stereocenters. The first-order chi connectivity index (χ1) is 8.93. The quantitative estimate of drug-likeness (QED) is 0.541. The molecular formula is C15H10N2O. The molecule has 0 aliphatic heterocycles. The van der Waals surface area contributed by atoms with Gasteiger partial charge in [0.15, 0.2) is 0 Å². The average Bonchev–Trinajstić information content (AvgIpc) is 3.06. The van der Waals surface area contributed by atoms with Crippen LogP contribution in [0.2, 0.25) is 0 Å². The van der Waals surface area contributed by atoms with Crippen molar-refractivity contribution in [2.45, 2.75) is 0 Å². The summed E-state index contributed by atoms with van der Waals surface area (Å²) in [7, 11) is 0. The van der Waals surface area contributed by atoms with Crippen LogP contribution in [-0.2, 0) is 0 Å². The second-order valence-electron chi connectivity index (χ2n) is 4.24. The predicted molar refractivity (Wildman–Crippen MR) is 71.3 cm³/mol. The fourth-order valence-electron chi connectivity index (χ4n) is 2.41. The third-order valence-corrected chi connectivity index (χ3v) is 3.24. The van der Waals surface area contributed by atoms with Crippen molar-refractivity contribution in [2.75, 3.05) is 0 Å². The third kappa shape index (κ3) is 1.21. The molecule has 2 aromatic carbocycles. The molecule has 0 bridgehead atoms. The lowest BCUT2D eigenvalue weighted by molar-refractivity contribution is 0.616. The number of aromatic amines is 1. The number of para-hydroxylation sites is 1. The second-order valence-corrected chi connectivity index (χ2v) is 4.24. The van der Waals surface area contributed by atoms with E-state index in [0.717, 1.165) is 33.1 Å². The molecule has 0 amide bonds. The molecular weight excluding hydrogens is 224 g/mol. The van der Waals surface area contributed by atoms with E-state index in [9.17, 15) is 0 Å². The van der Waals surface area contributed by atoms with E-state index in [1.165, 1.54) is 0 Å². The van der Waals surface area contributed by atoms with Crippen LogP contribution < -0.4 is 0 Å². The van der Waals surface area contributed by atoms with Crippen molar-refractivity contribution < 1.29 is 4.42 Å². The topological polar surface area (TPSA) is 41.8 Å². The number of fused-ring (bicyclic) bond motifs is 2. The Morgan fingerprint density at radius 1 is 0.944 bits per heavy atom. The van der Waals surface area contributed by atoms with Gasteiger partial charge in [-0.05, 0) is 23.8 Å². The number of furan rings is 1. The maximum absolute atomic E-state index is 5.45. The van der Waals surface area contributed by atoms with Gasteiger partial charge in [-0.15, -0.1) is 0 Å². The zero-order valence-electron chi connectivity index (χ0n) is 9.55. The zero-order valence-corrected chi connectivity index (χ0v) is 9.55. The first kappa shape index (κ1) is 9.48. The van der Waals surface area contributed by atoms with Crippen LogP contribution in [0.1, 0.15) is 0 Å². The molecule has 3 heteroatoms. The summed E-state index contributed by atoms with van der Waals surface area (Å²) in [5.41, 5.74) is 5.22. The van der Waals surface area contributed by atoms with Gasteiger partial charge in [0, 0.05) is 10.9 Å². The molecule has 0 spiro atoms. The lowest BCUT2D eigenvalue weighted by Crippen LogP contribution is -1.81. The van der Waals surface area contributed by atoms with Gasteiger partial charge in [-0.3, -0.25) is 0 Å². The highest BCUT2D eigenvalue weighted by Crippen LogP contribution is 2.32. The minimum absolute atomic E-state index is 0.903. The predicted octanol–water partition coefficient (Wildman–Crippen LogP) is 3.98. The van der Waals surface area contributed by atoms with Crippen LogP contribution in [0.4, 0.5) is 0 Å². The van der Waals surface area contributed by atoms with Gasteiger partial charge in [0.1, 0.15) is 5.58 Å². The number of H-pyrrole nitrogens is 1. The smallest absolute Gasteiger partial charge is 0.134 e. The number of aromatic nitrogens is 2. The van der Waals surface area contributed by atoms with Gasteiger partial charge >= 0.3 is 0 Å². The molecule has 4 rings (SSSR count). The summed E-state index contributed by atoms with van der Waals surface area (Å²) in [6.07, 6.45) is 3.45. The van der Waals surface area contributed by atoms with E-state index in [2.05, 4.69) is 22.1 Å². The minimum Gasteiger partial charge on any atom is -0.464 e. The van der Waals surface area contributed by atoms with Gasteiger partial charge in [0.25, 0.3) is 0 Å². The van der Waals surface area contributed by atoms with Crippen molar-refractivity contribution in [3.05, 3.63) is 55.1 Å². The Labute approximate surface area is 103 Å². The van der Waals surface area contributed by atoms with Gasteiger partial charge in [0.2, 0.25) is 0 Å². The first-order valence-electron chi connectivity index (χ1n) is 5.82. The molecule has 18 heavy (non-hydrogen) atoms. The monoisotopic (exact) mass is 234 g/mol. The number of rotatable bonds is 1. The molecule has 0 aliphatic carbocycles. The van der Waals surface area contributed by atoms with Crippen molar-refractivity contribution >= 4 is 22.0 Å². The molecule has 86 valence electrons. The van der Waals surface area contributed by atoms with Gasteiger partial charge in [-0.2, -0.15) is 0 Å². The van der Waals surface area contributed by atoms with Gasteiger partial charge in [-0.25, -0.2) is 4.98 Å². The van der Waals surface area contributed by atoms with Gasteiger partial charge in [-0.1, -0.05) is 24.3 Å². The lowest BCUT2D eigenvalue weighted by Gasteiger charge is -2.04. The number of hydrogen-bond acceptors (Lipinski definition) is 2. The number of hydrogen-bond donors (Lipinski definition) is 1. The maximum atomic E-state index is 5.45. The summed E-state index contributed by atoms with van der Waals surface area (Å²) in [5, 5.41) is 1.12. The Hall–Kier alpha value is -2.55. The first-order valence-corrected chi connectivity index (χ1v) is 5.82. The molecule has 0 saturated carbocycles. The Morgan fingerprint density at radius 3 is 2.83 bits per heavy atom. The Morgan fingerprint density at radius 2 is 1.83 bits per heavy atom. The minimum atomic E-state index is 0.903. The summed E-state index contributed by atoms with van der Waals surface area (Å²) in [5.74, 6) is 0. The summed E-state index contributed by atoms with van der Waals surface area (Å²) >= 11 is 0. The highest BCUT2D eigenvalue weighted by molar-refractivity contribution is 6.01. The molecule has 2 aromatic heterocycles. The second kappa shape index (κ2) is 3.47. The normalized spacial score (nSPS) is 11.3. The van der Waals surface area contributed by atoms with E-state index >= 15 is 0 Å². The fourth-order valence-corrected chi connectivity index (χ4v) is 2.41. The highest BCUT2D eigenvalue weighted by Gasteiger charge is 2.09. The van der Waals surface area contributed by atoms with Crippen LogP contribution in [-0.4, -0.2) is 9.97 Å². The van der Waals surface area contributed by atoms with Crippen molar-refractivity contribution in [3.8, 4) is 11.1 Å². The van der Waals surface area contributed by atoms with Crippen LogP contribution in [0, 0.1) is 0 Å². The molecule has 0 saturated heterocycles. The Balaban J connectivity index is 2.13. The van der Waals surface area contributed by atoms with Crippen molar-refractivity contribution in [2.24, 2.45) is 0 Å². The number of benzene rings is 2. The third-order valence-electron chi connectivity index (χ3n) is 3.24. The molecule has 0 fully saturated rings. The zero-order chi connectivity index (χ0) is 11.9. The van der Waals surface area contributed by atoms with Crippen LogP contribution in [0.5, 0.6) is 0 Å². The molecule has 3 nitrogen and oxygen atoms in total. The fraction of sp³-hybridized carbons (Fsp3) is 0. The molecule has 1 N–H and O–H groups in total. The summed E-state index contributed by atoms with van der Waals surface area (Å²) in [6.45, 7) is 0. The van der Waals surface area contributed by atoms with E-state index in [1.54, 1.807) is 12.6 Å². The van der Waals surface area contributed by atoms with Gasteiger partial charge in [0.05, 0.1) is 23.6 Å². The van der Waals surface area contributed by atoms with E-state index in [1.807, 2.05) is 30.3 Å². The summed E-state index contributed by atoms with van der Waals surface area (Å²) < 4.78 is 5.45. The van der Waals surface area contributed by atoms with Gasteiger partial charge < -0.3 is 9.40 Å².